The maximum absolute atomic E-state index is 10.7. The van der Waals surface area contributed by atoms with Crippen LogP contribution in [0.3, 0.4) is 0 Å². The first-order valence-electron chi connectivity index (χ1n) is 6.38. The van der Waals surface area contributed by atoms with Crippen molar-refractivity contribution in [2.45, 2.75) is 19.4 Å². The molecule has 1 aromatic carbocycles. The summed E-state index contributed by atoms with van der Waals surface area (Å²) in [6.45, 7) is 2.26. The van der Waals surface area contributed by atoms with Gasteiger partial charge in [-0.2, -0.15) is 0 Å². The van der Waals surface area contributed by atoms with Crippen molar-refractivity contribution in [2.75, 3.05) is 20.2 Å². The predicted octanol–water partition coefficient (Wildman–Crippen LogP) is 1.70. The molecule has 104 valence electrons. The Hall–Kier alpha value is -1.75. The van der Waals surface area contributed by atoms with Crippen LogP contribution in [0, 0.1) is 5.92 Å². The minimum atomic E-state index is -0.740. The Balaban J connectivity index is 1.97. The zero-order chi connectivity index (χ0) is 13.8. The van der Waals surface area contributed by atoms with Crippen LogP contribution in [-0.4, -0.2) is 41.3 Å². The lowest BCUT2D eigenvalue weighted by Crippen LogP contribution is -2.21. The van der Waals surface area contributed by atoms with Gasteiger partial charge in [-0.15, -0.1) is 0 Å². The van der Waals surface area contributed by atoms with E-state index in [0.717, 1.165) is 25.1 Å². The summed E-state index contributed by atoms with van der Waals surface area (Å²) in [5.41, 5.74) is 0.815. The third-order valence-corrected chi connectivity index (χ3v) is 3.51. The summed E-state index contributed by atoms with van der Waals surface area (Å²) < 4.78 is 5.14. The largest absolute Gasteiger partial charge is 0.508 e. The molecule has 19 heavy (non-hydrogen) atoms. The van der Waals surface area contributed by atoms with Crippen molar-refractivity contribution >= 4 is 5.97 Å². The second-order valence-corrected chi connectivity index (χ2v) is 4.98. The van der Waals surface area contributed by atoms with E-state index < -0.39 is 5.97 Å². The number of aliphatic carboxylic acids is 1. The molecule has 5 nitrogen and oxygen atoms in total. The molecule has 1 aliphatic rings. The first kappa shape index (κ1) is 13.7. The maximum Gasteiger partial charge on any atom is 0.303 e. The number of hydrogen-bond acceptors (Lipinski definition) is 4. The number of phenolic OH excluding ortho intramolecular Hbond substituents is 1. The van der Waals surface area contributed by atoms with Gasteiger partial charge in [0.15, 0.2) is 0 Å². The maximum atomic E-state index is 10.7. The van der Waals surface area contributed by atoms with Crippen LogP contribution in [-0.2, 0) is 11.3 Å². The number of likely N-dealkylation sites (tertiary alicyclic amines) is 1. The van der Waals surface area contributed by atoms with Gasteiger partial charge in [-0.25, -0.2) is 0 Å². The number of ether oxygens (including phenoxy) is 1. The van der Waals surface area contributed by atoms with E-state index in [0.29, 0.717) is 12.3 Å². The molecule has 1 saturated heterocycles. The third-order valence-electron chi connectivity index (χ3n) is 3.51. The number of carboxylic acid groups (broad SMARTS) is 1. The number of benzene rings is 1. The zero-order valence-electron chi connectivity index (χ0n) is 11.0. The molecule has 0 saturated carbocycles. The average molecular weight is 265 g/mol. The fourth-order valence-corrected chi connectivity index (χ4v) is 2.53. The van der Waals surface area contributed by atoms with Crippen LogP contribution in [0.5, 0.6) is 11.5 Å². The number of rotatable bonds is 5. The number of nitrogens with zero attached hydrogens (tertiary/aromatic N) is 1. The molecule has 1 aromatic rings. The van der Waals surface area contributed by atoms with Gasteiger partial charge in [-0.1, -0.05) is 0 Å². The number of carbonyl (C=O) groups is 1. The Morgan fingerprint density at radius 2 is 2.32 bits per heavy atom. The van der Waals surface area contributed by atoms with Crippen LogP contribution in [0.4, 0.5) is 0 Å². The van der Waals surface area contributed by atoms with Crippen LogP contribution >= 0.6 is 0 Å². The molecule has 1 unspecified atom stereocenters. The van der Waals surface area contributed by atoms with Crippen molar-refractivity contribution in [1.29, 1.82) is 0 Å². The first-order chi connectivity index (χ1) is 9.08. The lowest BCUT2D eigenvalue weighted by molar-refractivity contribution is -0.138. The third kappa shape index (κ3) is 3.61. The molecule has 0 aliphatic carbocycles. The lowest BCUT2D eigenvalue weighted by atomic mass is 10.1. The fourth-order valence-electron chi connectivity index (χ4n) is 2.53. The Kier molecular flexibility index (Phi) is 4.27. The summed E-state index contributed by atoms with van der Waals surface area (Å²) in [5, 5.41) is 18.6. The van der Waals surface area contributed by atoms with Gasteiger partial charge in [0, 0.05) is 25.1 Å². The SMILES string of the molecule is COc1ccc(O)c(CN2CCC(CC(=O)O)C2)c1. The van der Waals surface area contributed by atoms with Gasteiger partial charge >= 0.3 is 5.97 Å². The van der Waals surface area contributed by atoms with E-state index in [1.165, 1.54) is 0 Å². The molecule has 1 aliphatic heterocycles. The van der Waals surface area contributed by atoms with Crippen LogP contribution in [0.1, 0.15) is 18.4 Å². The molecule has 1 atom stereocenters. The fraction of sp³-hybridized carbons (Fsp3) is 0.500. The summed E-state index contributed by atoms with van der Waals surface area (Å²) in [5.74, 6) is 0.442. The zero-order valence-corrected chi connectivity index (χ0v) is 11.0. The van der Waals surface area contributed by atoms with Crippen molar-refractivity contribution in [3.63, 3.8) is 0 Å². The Morgan fingerprint density at radius 1 is 1.53 bits per heavy atom. The Labute approximate surface area is 112 Å². The quantitative estimate of drug-likeness (QED) is 0.848. The molecule has 0 bridgehead atoms. The highest BCUT2D eigenvalue weighted by atomic mass is 16.5. The van der Waals surface area contributed by atoms with Crippen LogP contribution < -0.4 is 4.74 Å². The summed E-state index contributed by atoms with van der Waals surface area (Å²) in [6, 6.07) is 5.16. The van der Waals surface area contributed by atoms with Crippen LogP contribution in [0.25, 0.3) is 0 Å². The Bertz CT molecular complexity index is 461. The van der Waals surface area contributed by atoms with E-state index >= 15 is 0 Å². The highest BCUT2D eigenvalue weighted by Crippen LogP contribution is 2.27. The topological polar surface area (TPSA) is 70.0 Å². The second-order valence-electron chi connectivity index (χ2n) is 4.98. The first-order valence-corrected chi connectivity index (χ1v) is 6.38. The number of phenols is 1. The van der Waals surface area contributed by atoms with Gasteiger partial charge in [-0.05, 0) is 37.1 Å². The number of carboxylic acids is 1. The van der Waals surface area contributed by atoms with E-state index in [-0.39, 0.29) is 18.1 Å². The van der Waals surface area contributed by atoms with Crippen LogP contribution in [0.2, 0.25) is 0 Å². The van der Waals surface area contributed by atoms with E-state index in [4.69, 9.17) is 9.84 Å². The molecule has 1 fully saturated rings. The summed E-state index contributed by atoms with van der Waals surface area (Å²) >= 11 is 0. The molecule has 0 radical (unpaired) electrons. The lowest BCUT2D eigenvalue weighted by Gasteiger charge is -2.17. The summed E-state index contributed by atoms with van der Waals surface area (Å²) in [7, 11) is 1.59. The number of methoxy groups -OCH3 is 1. The summed E-state index contributed by atoms with van der Waals surface area (Å²) in [4.78, 5) is 12.9. The molecule has 0 spiro atoms. The normalized spacial score (nSPS) is 19.5. The molecule has 1 heterocycles. The van der Waals surface area contributed by atoms with E-state index in [1.807, 2.05) is 6.07 Å². The van der Waals surface area contributed by atoms with Gasteiger partial charge in [-0.3, -0.25) is 9.69 Å². The van der Waals surface area contributed by atoms with Gasteiger partial charge in [0.2, 0.25) is 0 Å². The van der Waals surface area contributed by atoms with E-state index in [2.05, 4.69) is 4.90 Å². The molecule has 2 rings (SSSR count). The monoisotopic (exact) mass is 265 g/mol. The molecule has 0 amide bonds. The number of hydrogen-bond donors (Lipinski definition) is 2. The molecular weight excluding hydrogens is 246 g/mol. The minimum Gasteiger partial charge on any atom is -0.508 e. The predicted molar refractivity (Wildman–Crippen MR) is 70.3 cm³/mol. The van der Waals surface area contributed by atoms with Crippen molar-refractivity contribution in [3.8, 4) is 11.5 Å². The van der Waals surface area contributed by atoms with Crippen LogP contribution in [0.15, 0.2) is 18.2 Å². The highest BCUT2D eigenvalue weighted by Gasteiger charge is 2.24. The standard InChI is InChI=1S/C14H19NO4/c1-19-12-2-3-13(16)11(7-12)9-15-5-4-10(8-15)6-14(17)18/h2-3,7,10,16H,4-6,8-9H2,1H3,(H,17,18). The molecule has 2 N–H and O–H groups in total. The van der Waals surface area contributed by atoms with Gasteiger partial charge < -0.3 is 14.9 Å². The van der Waals surface area contributed by atoms with E-state index in [1.54, 1.807) is 19.2 Å². The highest BCUT2D eigenvalue weighted by molar-refractivity contribution is 5.67. The molecule has 5 heteroatoms. The molecular formula is C14H19NO4. The smallest absolute Gasteiger partial charge is 0.303 e. The second kappa shape index (κ2) is 5.93. The summed E-state index contributed by atoms with van der Waals surface area (Å²) in [6.07, 6.45) is 1.12. The Morgan fingerprint density at radius 3 is 3.00 bits per heavy atom. The van der Waals surface area contributed by atoms with Gasteiger partial charge in [0.1, 0.15) is 11.5 Å². The average Bonchev–Trinajstić information content (AvgIpc) is 2.78. The van der Waals surface area contributed by atoms with Crippen molar-refractivity contribution in [2.24, 2.45) is 5.92 Å². The number of aromatic hydroxyl groups is 1. The van der Waals surface area contributed by atoms with E-state index in [9.17, 15) is 9.90 Å². The molecule has 0 aromatic heterocycles. The van der Waals surface area contributed by atoms with Gasteiger partial charge in [0.05, 0.1) is 7.11 Å². The van der Waals surface area contributed by atoms with Crippen molar-refractivity contribution in [3.05, 3.63) is 23.8 Å². The van der Waals surface area contributed by atoms with Crippen molar-refractivity contribution in [1.82, 2.24) is 4.90 Å². The van der Waals surface area contributed by atoms with Gasteiger partial charge in [0.25, 0.3) is 0 Å². The minimum absolute atomic E-state index is 0.213. The van der Waals surface area contributed by atoms with Crippen molar-refractivity contribution < 1.29 is 19.7 Å².